The molecular formula is C24H27ClF2O7S3. The lowest BCUT2D eigenvalue weighted by Gasteiger charge is -2.50. The van der Waals surface area contributed by atoms with E-state index >= 15 is 4.39 Å². The summed E-state index contributed by atoms with van der Waals surface area (Å²) in [5.74, 6) is -1.64. The summed E-state index contributed by atoms with van der Waals surface area (Å²) in [6.07, 6.45) is 1.29. The van der Waals surface area contributed by atoms with E-state index in [4.69, 9.17) is 25.3 Å². The van der Waals surface area contributed by atoms with Crippen molar-refractivity contribution in [2.45, 2.75) is 35.0 Å². The van der Waals surface area contributed by atoms with E-state index in [0.717, 1.165) is 18.4 Å². The molecule has 0 aliphatic carbocycles. The normalized spacial score (nSPS) is 23.7. The third-order valence-corrected chi connectivity index (χ3v) is 11.1. The lowest BCUT2D eigenvalue weighted by molar-refractivity contribution is -0.0731. The van der Waals surface area contributed by atoms with Crippen LogP contribution >= 0.6 is 23.4 Å². The molecule has 4 rings (SSSR count). The highest BCUT2D eigenvalue weighted by Crippen LogP contribution is 2.56. The highest BCUT2D eigenvalue weighted by atomic mass is 35.5. The Morgan fingerprint density at radius 2 is 1.78 bits per heavy atom. The van der Waals surface area contributed by atoms with E-state index in [0.29, 0.717) is 29.4 Å². The summed E-state index contributed by atoms with van der Waals surface area (Å²) < 4.78 is 95.3. The largest absolute Gasteiger partial charge is 0.490 e. The molecule has 3 atom stereocenters. The molecule has 0 bridgehead atoms. The van der Waals surface area contributed by atoms with Crippen molar-refractivity contribution in [3.63, 3.8) is 0 Å². The first kappa shape index (κ1) is 28.6. The predicted octanol–water partition coefficient (Wildman–Crippen LogP) is 4.57. The molecular weight excluding hydrogens is 570 g/mol. The molecule has 1 fully saturated rings. The van der Waals surface area contributed by atoms with E-state index in [2.05, 4.69) is 0 Å². The van der Waals surface area contributed by atoms with Crippen molar-refractivity contribution in [1.82, 2.24) is 0 Å². The topological polar surface area (TPSA) is 96.0 Å². The van der Waals surface area contributed by atoms with Crippen LogP contribution in [-0.2, 0) is 33.6 Å². The van der Waals surface area contributed by atoms with Crippen LogP contribution in [0.5, 0.6) is 5.75 Å². The Kier molecular flexibility index (Phi) is 8.76. The lowest BCUT2D eigenvalue weighted by atomic mass is 9.75. The first-order valence-corrected chi connectivity index (χ1v) is 16.5. The number of benzene rings is 2. The smallest absolute Gasteiger partial charge is 0.264 e. The van der Waals surface area contributed by atoms with Gasteiger partial charge in [0.1, 0.15) is 10.6 Å². The maximum Gasteiger partial charge on any atom is 0.264 e. The van der Waals surface area contributed by atoms with Gasteiger partial charge in [-0.2, -0.15) is 20.2 Å². The summed E-state index contributed by atoms with van der Waals surface area (Å²) >= 11 is 7.51. The molecule has 1 saturated heterocycles. The van der Waals surface area contributed by atoms with E-state index in [-0.39, 0.29) is 42.4 Å². The van der Waals surface area contributed by atoms with Gasteiger partial charge in [0, 0.05) is 17.5 Å². The first-order chi connectivity index (χ1) is 17.5. The van der Waals surface area contributed by atoms with Crippen LogP contribution in [0.3, 0.4) is 0 Å². The molecule has 0 aromatic heterocycles. The summed E-state index contributed by atoms with van der Waals surface area (Å²) in [7, 11) is -7.74. The lowest BCUT2D eigenvalue weighted by Crippen LogP contribution is -2.57. The minimum atomic E-state index is -4.25. The number of rotatable bonds is 10. The van der Waals surface area contributed by atoms with Crippen molar-refractivity contribution in [1.29, 1.82) is 0 Å². The van der Waals surface area contributed by atoms with Gasteiger partial charge in [-0.15, -0.1) is 0 Å². The maximum absolute atomic E-state index is 15.4. The standard InChI is InChI=1S/C24H27ClF2O7S3/c1-36(28,29)34-11-2-13-35-14-9-21-18-15-33-23-20(27)8-7-19(26)22(23)24(18,10-12-32-21)37(30,31)17-5-3-16(25)4-6-17/h3-8,18,21H,2,9-15H2,1H3/t18-,21-,24-/m0/s1. The average Bonchev–Trinajstić information content (AvgIpc) is 2.84. The van der Waals surface area contributed by atoms with E-state index in [1.165, 1.54) is 36.0 Å². The SMILES string of the molecule is CS(=O)(=O)OCCCSCC[C@@H]1OCC[C@@]2(S(=O)(=O)c3ccc(Cl)cc3)c3c(F)ccc(F)c3OC[C@@H]12. The molecule has 2 aromatic rings. The second-order valence-corrected chi connectivity index (χ2v) is 14.4. The van der Waals surface area contributed by atoms with Crippen molar-refractivity contribution in [2.24, 2.45) is 5.92 Å². The number of thioether (sulfide) groups is 1. The van der Waals surface area contributed by atoms with E-state index in [9.17, 15) is 21.2 Å². The van der Waals surface area contributed by atoms with Gasteiger partial charge in [0.2, 0.25) is 0 Å². The third-order valence-electron chi connectivity index (χ3n) is 6.62. The number of hydrogen-bond acceptors (Lipinski definition) is 8. The van der Waals surface area contributed by atoms with E-state index in [1.54, 1.807) is 0 Å². The fourth-order valence-electron chi connectivity index (χ4n) is 5.01. The number of ether oxygens (including phenoxy) is 2. The molecule has 0 spiro atoms. The van der Waals surface area contributed by atoms with Gasteiger partial charge in [0.15, 0.2) is 21.4 Å². The molecule has 204 valence electrons. The quantitative estimate of drug-likeness (QED) is 0.291. The van der Waals surface area contributed by atoms with Gasteiger partial charge in [0.25, 0.3) is 10.1 Å². The number of sulfone groups is 1. The van der Waals surface area contributed by atoms with E-state index in [1.807, 2.05) is 0 Å². The van der Waals surface area contributed by atoms with Gasteiger partial charge < -0.3 is 9.47 Å². The van der Waals surface area contributed by atoms with Crippen molar-refractivity contribution in [3.05, 3.63) is 58.6 Å². The fraction of sp³-hybridized carbons (Fsp3) is 0.500. The van der Waals surface area contributed by atoms with Crippen LogP contribution in [0.2, 0.25) is 5.02 Å². The minimum absolute atomic E-state index is 0.0379. The van der Waals surface area contributed by atoms with Crippen LogP contribution in [-0.4, -0.2) is 60.5 Å². The molecule has 0 unspecified atom stereocenters. The van der Waals surface area contributed by atoms with E-state index < -0.39 is 48.4 Å². The summed E-state index contributed by atoms with van der Waals surface area (Å²) in [6, 6.07) is 7.49. The van der Waals surface area contributed by atoms with Crippen molar-refractivity contribution < 1.29 is 39.3 Å². The van der Waals surface area contributed by atoms with Crippen LogP contribution in [0.1, 0.15) is 24.8 Å². The molecule has 2 heterocycles. The highest BCUT2D eigenvalue weighted by Gasteiger charge is 2.61. The summed E-state index contributed by atoms with van der Waals surface area (Å²) in [6.45, 7) is -0.0414. The Morgan fingerprint density at radius 1 is 1.08 bits per heavy atom. The zero-order chi connectivity index (χ0) is 26.8. The molecule has 7 nitrogen and oxygen atoms in total. The van der Waals surface area contributed by atoms with Crippen LogP contribution in [0.4, 0.5) is 8.78 Å². The Hall–Kier alpha value is -1.44. The van der Waals surface area contributed by atoms with Gasteiger partial charge in [-0.3, -0.25) is 4.18 Å². The summed E-state index contributed by atoms with van der Waals surface area (Å²) in [5, 5.41) is 0.349. The maximum atomic E-state index is 15.4. The highest BCUT2D eigenvalue weighted by molar-refractivity contribution is 7.99. The Labute approximate surface area is 224 Å². The van der Waals surface area contributed by atoms with Crippen LogP contribution in [0.15, 0.2) is 41.3 Å². The number of hydrogen-bond donors (Lipinski definition) is 0. The van der Waals surface area contributed by atoms with Crippen molar-refractivity contribution in [2.75, 3.05) is 37.6 Å². The molecule has 0 N–H and O–H groups in total. The Balaban J connectivity index is 1.63. The van der Waals surface area contributed by atoms with Gasteiger partial charge in [-0.05, 0) is 67.2 Å². The predicted molar refractivity (Wildman–Crippen MR) is 137 cm³/mol. The molecule has 2 aromatic carbocycles. The molecule has 0 amide bonds. The monoisotopic (exact) mass is 596 g/mol. The summed E-state index contributed by atoms with van der Waals surface area (Å²) in [5.41, 5.74) is -0.294. The molecule has 0 saturated carbocycles. The molecule has 2 aliphatic heterocycles. The average molecular weight is 597 g/mol. The number of halogens is 3. The zero-order valence-electron chi connectivity index (χ0n) is 20.0. The fourth-order valence-corrected chi connectivity index (χ4v) is 8.82. The number of fused-ring (bicyclic) bond motifs is 3. The van der Waals surface area contributed by atoms with Crippen molar-refractivity contribution in [3.8, 4) is 5.75 Å². The molecule has 0 radical (unpaired) electrons. The van der Waals surface area contributed by atoms with Crippen molar-refractivity contribution >= 4 is 43.3 Å². The molecule has 13 heteroatoms. The second kappa shape index (κ2) is 11.4. The summed E-state index contributed by atoms with van der Waals surface area (Å²) in [4.78, 5) is -0.0423. The van der Waals surface area contributed by atoms with Crippen LogP contribution < -0.4 is 4.74 Å². The zero-order valence-corrected chi connectivity index (χ0v) is 23.2. The van der Waals surface area contributed by atoms with Gasteiger partial charge >= 0.3 is 0 Å². The Bertz CT molecular complexity index is 1340. The molecule has 2 aliphatic rings. The Morgan fingerprint density at radius 3 is 2.49 bits per heavy atom. The minimum Gasteiger partial charge on any atom is -0.490 e. The first-order valence-electron chi connectivity index (χ1n) is 11.6. The third kappa shape index (κ3) is 5.79. The van der Waals surface area contributed by atoms with Gasteiger partial charge in [0.05, 0.1) is 36.0 Å². The van der Waals surface area contributed by atoms with Crippen LogP contribution in [0.25, 0.3) is 0 Å². The van der Waals surface area contributed by atoms with Gasteiger partial charge in [-0.25, -0.2) is 17.2 Å². The van der Waals surface area contributed by atoms with Gasteiger partial charge in [-0.1, -0.05) is 11.6 Å². The second-order valence-electron chi connectivity index (χ2n) is 8.94. The van der Waals surface area contributed by atoms with Crippen LogP contribution in [0, 0.1) is 17.6 Å². The molecule has 37 heavy (non-hydrogen) atoms.